The van der Waals surface area contributed by atoms with Gasteiger partial charge < -0.3 is 5.32 Å². The second-order valence-corrected chi connectivity index (χ2v) is 7.97. The topological polar surface area (TPSA) is 55.1 Å². The van der Waals surface area contributed by atoms with E-state index in [1.165, 1.54) is 12.8 Å². The average Bonchev–Trinajstić information content (AvgIpc) is 3.36. The van der Waals surface area contributed by atoms with Crippen molar-refractivity contribution in [2.75, 3.05) is 11.9 Å². The highest BCUT2D eigenvalue weighted by atomic mass is 79.9. The van der Waals surface area contributed by atoms with E-state index in [1.807, 2.05) is 46.9 Å². The SMILES string of the molecule is Clc1ccc2c(NCC3CC3)nc3nnc(-c4cccc(Br)c4)n3c2c1. The van der Waals surface area contributed by atoms with Gasteiger partial charge in [0.1, 0.15) is 5.82 Å². The fourth-order valence-corrected chi connectivity index (χ4v) is 3.70. The van der Waals surface area contributed by atoms with Gasteiger partial charge in [0.15, 0.2) is 5.82 Å². The Bertz CT molecular complexity index is 1140. The standard InChI is InChI=1S/C19H15BrClN5/c20-13-3-1-2-12(8-13)18-24-25-19-23-17(22-10-11-4-5-11)15-7-6-14(21)9-16(15)26(18)19/h1-3,6-9,11H,4-5,10H2,(H,22,23,25). The molecular weight excluding hydrogens is 414 g/mol. The molecule has 5 nitrogen and oxygen atoms in total. The van der Waals surface area contributed by atoms with Crippen molar-refractivity contribution in [2.24, 2.45) is 5.92 Å². The highest BCUT2D eigenvalue weighted by molar-refractivity contribution is 9.10. The zero-order valence-electron chi connectivity index (χ0n) is 13.8. The number of benzene rings is 2. The van der Waals surface area contributed by atoms with Crippen molar-refractivity contribution >= 4 is 50.0 Å². The van der Waals surface area contributed by atoms with E-state index in [-0.39, 0.29) is 0 Å². The van der Waals surface area contributed by atoms with Gasteiger partial charge >= 0.3 is 0 Å². The summed E-state index contributed by atoms with van der Waals surface area (Å²) in [5.41, 5.74) is 1.91. The van der Waals surface area contributed by atoms with E-state index in [0.29, 0.717) is 10.8 Å². The third-order valence-corrected chi connectivity index (χ3v) is 5.38. The highest BCUT2D eigenvalue weighted by Crippen LogP contribution is 2.32. The summed E-state index contributed by atoms with van der Waals surface area (Å²) in [5.74, 6) is 2.90. The molecule has 1 aliphatic carbocycles. The first-order chi connectivity index (χ1) is 12.7. The fraction of sp³-hybridized carbons (Fsp3) is 0.211. The number of anilines is 1. The van der Waals surface area contributed by atoms with Crippen molar-refractivity contribution in [3.05, 3.63) is 52.0 Å². The summed E-state index contributed by atoms with van der Waals surface area (Å²) in [6.45, 7) is 0.938. The van der Waals surface area contributed by atoms with Crippen LogP contribution < -0.4 is 5.32 Å². The van der Waals surface area contributed by atoms with E-state index >= 15 is 0 Å². The van der Waals surface area contributed by atoms with E-state index in [9.17, 15) is 0 Å². The number of nitrogens with zero attached hydrogens (tertiary/aromatic N) is 4. The molecule has 130 valence electrons. The molecule has 0 aliphatic heterocycles. The number of aromatic nitrogens is 4. The van der Waals surface area contributed by atoms with Crippen LogP contribution in [0.4, 0.5) is 5.82 Å². The molecule has 1 saturated carbocycles. The van der Waals surface area contributed by atoms with Crippen LogP contribution in [0.15, 0.2) is 46.9 Å². The smallest absolute Gasteiger partial charge is 0.257 e. The van der Waals surface area contributed by atoms with E-state index < -0.39 is 0 Å². The molecule has 0 radical (unpaired) electrons. The molecule has 2 heterocycles. The van der Waals surface area contributed by atoms with Gasteiger partial charge in [-0.05, 0) is 49.1 Å². The zero-order chi connectivity index (χ0) is 17.7. The van der Waals surface area contributed by atoms with Gasteiger partial charge in [-0.25, -0.2) is 0 Å². The monoisotopic (exact) mass is 427 g/mol. The van der Waals surface area contributed by atoms with E-state index in [4.69, 9.17) is 16.6 Å². The Morgan fingerprint density at radius 2 is 2.04 bits per heavy atom. The fourth-order valence-electron chi connectivity index (χ4n) is 3.13. The molecule has 5 rings (SSSR count). The molecule has 26 heavy (non-hydrogen) atoms. The van der Waals surface area contributed by atoms with Gasteiger partial charge in [0.25, 0.3) is 5.78 Å². The summed E-state index contributed by atoms with van der Waals surface area (Å²) in [6.07, 6.45) is 2.58. The predicted molar refractivity (Wildman–Crippen MR) is 108 cm³/mol. The molecule has 7 heteroatoms. The maximum atomic E-state index is 6.30. The van der Waals surface area contributed by atoms with Crippen LogP contribution in [-0.2, 0) is 0 Å². The molecule has 0 bridgehead atoms. The Morgan fingerprint density at radius 1 is 1.15 bits per heavy atom. The average molecular weight is 429 g/mol. The first kappa shape index (κ1) is 16.0. The Morgan fingerprint density at radius 3 is 2.85 bits per heavy atom. The molecule has 2 aromatic heterocycles. The molecular formula is C19H15BrClN5. The predicted octanol–water partition coefficient (Wildman–Crippen LogP) is 5.18. The third-order valence-electron chi connectivity index (χ3n) is 4.65. The molecule has 0 atom stereocenters. The number of fused-ring (bicyclic) bond motifs is 3. The van der Waals surface area contributed by atoms with Gasteiger partial charge in [-0.3, -0.25) is 4.40 Å². The van der Waals surface area contributed by atoms with E-state index in [2.05, 4.69) is 31.4 Å². The van der Waals surface area contributed by atoms with E-state index in [1.54, 1.807) is 0 Å². The van der Waals surface area contributed by atoms with Crippen molar-refractivity contribution in [3.8, 4) is 11.4 Å². The summed E-state index contributed by atoms with van der Waals surface area (Å²) in [6, 6.07) is 13.8. The van der Waals surface area contributed by atoms with Gasteiger partial charge in [0.2, 0.25) is 0 Å². The molecule has 4 aromatic rings. The van der Waals surface area contributed by atoms with Gasteiger partial charge in [-0.1, -0.05) is 39.7 Å². The molecule has 0 spiro atoms. The second-order valence-electron chi connectivity index (χ2n) is 6.62. The quantitative estimate of drug-likeness (QED) is 0.486. The maximum absolute atomic E-state index is 6.30. The van der Waals surface area contributed by atoms with Crippen LogP contribution in [0.25, 0.3) is 28.1 Å². The van der Waals surface area contributed by atoms with Crippen LogP contribution in [0.2, 0.25) is 5.02 Å². The van der Waals surface area contributed by atoms with Crippen molar-refractivity contribution in [1.82, 2.24) is 19.6 Å². The molecule has 1 fully saturated rings. The lowest BCUT2D eigenvalue weighted by molar-refractivity contribution is 0.884. The number of hydrogen-bond acceptors (Lipinski definition) is 4. The first-order valence-electron chi connectivity index (χ1n) is 8.53. The third kappa shape index (κ3) is 2.83. The zero-order valence-corrected chi connectivity index (χ0v) is 16.1. The van der Waals surface area contributed by atoms with Gasteiger partial charge in [-0.15, -0.1) is 10.2 Å². The first-order valence-corrected chi connectivity index (χ1v) is 9.70. The summed E-state index contributed by atoms with van der Waals surface area (Å²) < 4.78 is 2.95. The minimum absolute atomic E-state index is 0.563. The number of rotatable bonds is 4. The van der Waals surface area contributed by atoms with Crippen LogP contribution >= 0.6 is 27.5 Å². The van der Waals surface area contributed by atoms with Crippen LogP contribution in [0.1, 0.15) is 12.8 Å². The van der Waals surface area contributed by atoms with Gasteiger partial charge in [0, 0.05) is 27.0 Å². The molecule has 0 amide bonds. The van der Waals surface area contributed by atoms with E-state index in [0.717, 1.165) is 45.0 Å². The Labute approximate surface area is 163 Å². The van der Waals surface area contributed by atoms with Crippen LogP contribution in [0.3, 0.4) is 0 Å². The summed E-state index contributed by atoms with van der Waals surface area (Å²) in [5, 5.41) is 13.9. The minimum Gasteiger partial charge on any atom is -0.369 e. The largest absolute Gasteiger partial charge is 0.369 e. The molecule has 0 saturated heterocycles. The Balaban J connectivity index is 1.75. The van der Waals surface area contributed by atoms with Crippen LogP contribution in [-0.4, -0.2) is 26.1 Å². The van der Waals surface area contributed by atoms with Gasteiger partial charge in [-0.2, -0.15) is 4.98 Å². The molecule has 1 aliphatic rings. The minimum atomic E-state index is 0.563. The molecule has 2 aromatic carbocycles. The summed E-state index contributed by atoms with van der Waals surface area (Å²) >= 11 is 9.82. The van der Waals surface area contributed by atoms with Crippen molar-refractivity contribution < 1.29 is 0 Å². The van der Waals surface area contributed by atoms with Crippen LogP contribution in [0.5, 0.6) is 0 Å². The second kappa shape index (κ2) is 6.21. The summed E-state index contributed by atoms with van der Waals surface area (Å²) in [7, 11) is 0. The summed E-state index contributed by atoms with van der Waals surface area (Å²) in [4.78, 5) is 4.72. The highest BCUT2D eigenvalue weighted by Gasteiger charge is 2.22. The molecule has 0 unspecified atom stereocenters. The maximum Gasteiger partial charge on any atom is 0.257 e. The van der Waals surface area contributed by atoms with Gasteiger partial charge in [0.05, 0.1) is 5.52 Å². The number of hydrogen-bond donors (Lipinski definition) is 1. The lowest BCUT2D eigenvalue weighted by atomic mass is 10.2. The lowest BCUT2D eigenvalue weighted by Gasteiger charge is -2.11. The number of halogens is 2. The van der Waals surface area contributed by atoms with Crippen molar-refractivity contribution in [3.63, 3.8) is 0 Å². The van der Waals surface area contributed by atoms with Crippen molar-refractivity contribution in [2.45, 2.75) is 12.8 Å². The Hall–Kier alpha value is -2.18. The lowest BCUT2D eigenvalue weighted by Crippen LogP contribution is -2.07. The number of nitrogens with one attached hydrogen (secondary N) is 1. The van der Waals surface area contributed by atoms with Crippen LogP contribution in [0, 0.1) is 5.92 Å². The van der Waals surface area contributed by atoms with Crippen molar-refractivity contribution in [1.29, 1.82) is 0 Å². The molecule has 1 N–H and O–H groups in total. The normalized spacial score (nSPS) is 14.2. The Kier molecular flexibility index (Phi) is 3.83.